The first-order valence-electron chi connectivity index (χ1n) is 6.29. The number of carboxylic acid groups (broad SMARTS) is 1. The lowest BCUT2D eigenvalue weighted by molar-refractivity contribution is -0.184. The predicted octanol–water partition coefficient (Wildman–Crippen LogP) is 1.57. The second-order valence-corrected chi connectivity index (χ2v) is 5.17. The molecule has 0 aliphatic carbocycles. The van der Waals surface area contributed by atoms with E-state index < -0.39 is 17.4 Å². The van der Waals surface area contributed by atoms with E-state index in [0.717, 1.165) is 11.3 Å². The van der Waals surface area contributed by atoms with Crippen molar-refractivity contribution in [1.82, 2.24) is 0 Å². The first-order valence-corrected chi connectivity index (χ1v) is 6.29. The van der Waals surface area contributed by atoms with Crippen LogP contribution in [0.25, 0.3) is 0 Å². The van der Waals surface area contributed by atoms with Gasteiger partial charge in [-0.05, 0) is 31.5 Å². The van der Waals surface area contributed by atoms with Gasteiger partial charge in [0.2, 0.25) is 0 Å². The van der Waals surface area contributed by atoms with E-state index in [1.807, 2.05) is 38.1 Å². The van der Waals surface area contributed by atoms with Crippen LogP contribution in [-0.2, 0) is 9.53 Å². The van der Waals surface area contributed by atoms with Crippen LogP contribution in [0.2, 0.25) is 0 Å². The molecule has 1 fully saturated rings. The van der Waals surface area contributed by atoms with Crippen LogP contribution < -0.4 is 10.5 Å². The molecule has 0 amide bonds. The molecule has 2 rings (SSSR count). The van der Waals surface area contributed by atoms with Crippen molar-refractivity contribution in [2.45, 2.75) is 26.0 Å². The van der Waals surface area contributed by atoms with Crippen LogP contribution in [0, 0.1) is 5.41 Å². The van der Waals surface area contributed by atoms with E-state index in [0.29, 0.717) is 0 Å². The molecule has 0 aromatic heterocycles. The van der Waals surface area contributed by atoms with Crippen LogP contribution in [0.4, 0.5) is 0 Å². The zero-order valence-electron chi connectivity index (χ0n) is 11.1. The van der Waals surface area contributed by atoms with Crippen molar-refractivity contribution in [3.8, 4) is 5.75 Å². The Morgan fingerprint density at radius 3 is 2.32 bits per heavy atom. The van der Waals surface area contributed by atoms with Gasteiger partial charge < -0.3 is 20.3 Å². The van der Waals surface area contributed by atoms with Crippen molar-refractivity contribution < 1.29 is 19.4 Å². The van der Waals surface area contributed by atoms with Gasteiger partial charge in [0.25, 0.3) is 0 Å². The minimum Gasteiger partial charge on any atom is -0.491 e. The molecule has 3 N–H and O–H groups in total. The normalized spacial score (nSPS) is 18.7. The maximum Gasteiger partial charge on any atom is 0.316 e. The number of hydrogen-bond donors (Lipinski definition) is 2. The van der Waals surface area contributed by atoms with Crippen molar-refractivity contribution in [2.24, 2.45) is 11.1 Å². The maximum atomic E-state index is 11.3. The zero-order valence-corrected chi connectivity index (χ0v) is 11.1. The summed E-state index contributed by atoms with van der Waals surface area (Å²) in [4.78, 5) is 11.3. The van der Waals surface area contributed by atoms with Crippen molar-refractivity contribution >= 4 is 5.97 Å². The fourth-order valence-corrected chi connectivity index (χ4v) is 2.10. The Kier molecular flexibility index (Phi) is 3.78. The molecule has 1 atom stereocenters. The molecule has 1 aliphatic rings. The van der Waals surface area contributed by atoms with Crippen LogP contribution in [0.3, 0.4) is 0 Å². The number of rotatable bonds is 5. The van der Waals surface area contributed by atoms with Gasteiger partial charge in [0.15, 0.2) is 0 Å². The molecule has 1 aliphatic heterocycles. The number of nitrogens with two attached hydrogens (primary N) is 1. The second-order valence-electron chi connectivity index (χ2n) is 5.17. The number of benzene rings is 1. The van der Waals surface area contributed by atoms with Crippen LogP contribution in [0.1, 0.15) is 25.5 Å². The van der Waals surface area contributed by atoms with Crippen molar-refractivity contribution in [3.63, 3.8) is 0 Å². The first-order chi connectivity index (χ1) is 8.95. The molecule has 0 saturated carbocycles. The lowest BCUT2D eigenvalue weighted by Gasteiger charge is -2.41. The molecule has 104 valence electrons. The van der Waals surface area contributed by atoms with Gasteiger partial charge in [-0.15, -0.1) is 0 Å². The highest BCUT2D eigenvalue weighted by atomic mass is 16.5. The van der Waals surface area contributed by atoms with Gasteiger partial charge >= 0.3 is 5.97 Å². The summed E-state index contributed by atoms with van der Waals surface area (Å²) in [5.41, 5.74) is 5.87. The van der Waals surface area contributed by atoms with E-state index in [1.54, 1.807) is 0 Å². The summed E-state index contributed by atoms with van der Waals surface area (Å²) in [7, 11) is 0. The topological polar surface area (TPSA) is 81.8 Å². The summed E-state index contributed by atoms with van der Waals surface area (Å²) in [5.74, 6) is -0.158. The Morgan fingerprint density at radius 1 is 1.37 bits per heavy atom. The Balaban J connectivity index is 2.15. The Hall–Kier alpha value is -1.59. The van der Waals surface area contributed by atoms with Crippen molar-refractivity contribution in [1.29, 1.82) is 0 Å². The van der Waals surface area contributed by atoms with Gasteiger partial charge in [-0.25, -0.2) is 0 Å². The van der Waals surface area contributed by atoms with Gasteiger partial charge in [-0.1, -0.05) is 12.1 Å². The molecule has 1 heterocycles. The summed E-state index contributed by atoms with van der Waals surface area (Å²) >= 11 is 0. The van der Waals surface area contributed by atoms with Crippen LogP contribution in [-0.4, -0.2) is 30.4 Å². The lowest BCUT2D eigenvalue weighted by atomic mass is 9.75. The number of carbonyl (C=O) groups is 1. The SMILES string of the molecule is CC(C)Oc1ccc(C(N)C2(C(=O)O)COC2)cc1. The highest BCUT2D eigenvalue weighted by molar-refractivity contribution is 5.77. The first kappa shape index (κ1) is 13.8. The molecule has 1 aromatic rings. The smallest absolute Gasteiger partial charge is 0.316 e. The average molecular weight is 265 g/mol. The van der Waals surface area contributed by atoms with E-state index in [-0.39, 0.29) is 19.3 Å². The molecule has 1 aromatic carbocycles. The summed E-state index contributed by atoms with van der Waals surface area (Å²) in [5, 5.41) is 9.30. The number of carboxylic acids is 1. The van der Waals surface area contributed by atoms with E-state index in [4.69, 9.17) is 15.2 Å². The molecule has 0 bridgehead atoms. The second kappa shape index (κ2) is 5.19. The van der Waals surface area contributed by atoms with Crippen molar-refractivity contribution in [3.05, 3.63) is 29.8 Å². The zero-order chi connectivity index (χ0) is 14.0. The van der Waals surface area contributed by atoms with Gasteiger partial charge in [0.05, 0.1) is 25.4 Å². The van der Waals surface area contributed by atoms with Crippen LogP contribution >= 0.6 is 0 Å². The molecule has 19 heavy (non-hydrogen) atoms. The molecular formula is C14H19NO4. The van der Waals surface area contributed by atoms with E-state index in [9.17, 15) is 9.90 Å². The summed E-state index contributed by atoms with van der Waals surface area (Å²) in [6.07, 6.45) is 0.102. The molecule has 5 heteroatoms. The Bertz CT molecular complexity index is 451. The van der Waals surface area contributed by atoms with Gasteiger partial charge in [0, 0.05) is 0 Å². The number of aliphatic carboxylic acids is 1. The number of hydrogen-bond acceptors (Lipinski definition) is 4. The van der Waals surface area contributed by atoms with Gasteiger partial charge in [-0.3, -0.25) is 4.79 Å². The summed E-state index contributed by atoms with van der Waals surface area (Å²) in [6.45, 7) is 4.22. The predicted molar refractivity (Wildman–Crippen MR) is 70.0 cm³/mol. The highest BCUT2D eigenvalue weighted by Crippen LogP contribution is 2.39. The third kappa shape index (κ3) is 2.57. The van der Waals surface area contributed by atoms with Crippen LogP contribution in [0.15, 0.2) is 24.3 Å². The Morgan fingerprint density at radius 2 is 1.95 bits per heavy atom. The molecule has 0 radical (unpaired) electrons. The minimum absolute atomic E-state index is 0.102. The van der Waals surface area contributed by atoms with E-state index >= 15 is 0 Å². The van der Waals surface area contributed by atoms with Gasteiger partial charge in [-0.2, -0.15) is 0 Å². The third-order valence-corrected chi connectivity index (χ3v) is 3.35. The van der Waals surface area contributed by atoms with Gasteiger partial charge in [0.1, 0.15) is 11.2 Å². The molecular weight excluding hydrogens is 246 g/mol. The van der Waals surface area contributed by atoms with Crippen molar-refractivity contribution in [2.75, 3.05) is 13.2 Å². The van der Waals surface area contributed by atoms with E-state index in [1.165, 1.54) is 0 Å². The van der Waals surface area contributed by atoms with E-state index in [2.05, 4.69) is 0 Å². The van der Waals surface area contributed by atoms with Crippen LogP contribution in [0.5, 0.6) is 5.75 Å². The molecule has 5 nitrogen and oxygen atoms in total. The maximum absolute atomic E-state index is 11.3. The monoisotopic (exact) mass is 265 g/mol. The lowest BCUT2D eigenvalue weighted by Crippen LogP contribution is -2.55. The molecule has 0 spiro atoms. The fraction of sp³-hybridized carbons (Fsp3) is 0.500. The quantitative estimate of drug-likeness (QED) is 0.844. The number of ether oxygens (including phenoxy) is 2. The fourth-order valence-electron chi connectivity index (χ4n) is 2.10. The largest absolute Gasteiger partial charge is 0.491 e. The highest BCUT2D eigenvalue weighted by Gasteiger charge is 2.51. The minimum atomic E-state index is -1.000. The molecule has 1 unspecified atom stereocenters. The molecule has 1 saturated heterocycles. The summed E-state index contributed by atoms with van der Waals surface area (Å²) in [6, 6.07) is 6.66. The third-order valence-electron chi connectivity index (χ3n) is 3.35. The standard InChI is InChI=1S/C14H19NO4/c1-9(2)19-11-5-3-10(4-6-11)12(15)14(13(16)17)7-18-8-14/h3-6,9,12H,7-8,15H2,1-2H3,(H,16,17). The Labute approximate surface area is 112 Å². The summed E-state index contributed by atoms with van der Waals surface area (Å²) < 4.78 is 10.6. The average Bonchev–Trinajstić information content (AvgIpc) is 2.26.